The average Bonchev–Trinajstić information content (AvgIpc) is 2.60. The van der Waals surface area contributed by atoms with Crippen molar-refractivity contribution in [3.8, 4) is 0 Å². The van der Waals surface area contributed by atoms with Crippen molar-refractivity contribution in [3.63, 3.8) is 0 Å². The van der Waals surface area contributed by atoms with E-state index in [4.69, 9.17) is 0 Å². The zero-order valence-corrected chi connectivity index (χ0v) is 15.7. The van der Waals surface area contributed by atoms with E-state index in [0.717, 1.165) is 38.8 Å². The molecule has 2 rings (SSSR count). The summed E-state index contributed by atoms with van der Waals surface area (Å²) in [4.78, 5) is 17.2. The third-order valence-corrected chi connectivity index (χ3v) is 5.35. The first kappa shape index (κ1) is 18.9. The maximum atomic E-state index is 12.6. The van der Waals surface area contributed by atoms with E-state index in [-0.39, 0.29) is 18.0 Å². The fourth-order valence-electron chi connectivity index (χ4n) is 3.37. The first-order valence-electron chi connectivity index (χ1n) is 9.22. The summed E-state index contributed by atoms with van der Waals surface area (Å²) < 4.78 is 0. The number of nitrogens with zero attached hydrogens (tertiary/aromatic N) is 2. The largest absolute Gasteiger partial charge is 0.352 e. The van der Waals surface area contributed by atoms with Gasteiger partial charge in [0.1, 0.15) is 0 Å². The lowest BCUT2D eigenvalue weighted by Crippen LogP contribution is -2.52. The highest BCUT2D eigenvalue weighted by Crippen LogP contribution is 2.16. The molecule has 0 bridgehead atoms. The van der Waals surface area contributed by atoms with Gasteiger partial charge in [-0.2, -0.15) is 0 Å². The number of amides is 1. The molecule has 24 heavy (non-hydrogen) atoms. The van der Waals surface area contributed by atoms with E-state index in [2.05, 4.69) is 60.4 Å². The van der Waals surface area contributed by atoms with E-state index in [9.17, 15) is 4.79 Å². The van der Waals surface area contributed by atoms with Crippen LogP contribution in [0.2, 0.25) is 0 Å². The molecule has 1 fully saturated rings. The molecule has 0 radical (unpaired) electrons. The quantitative estimate of drug-likeness (QED) is 0.834. The summed E-state index contributed by atoms with van der Waals surface area (Å²) in [5.41, 5.74) is 1.33. The van der Waals surface area contributed by atoms with Gasteiger partial charge in [0, 0.05) is 12.1 Å². The normalized spacial score (nSPS) is 19.2. The molecule has 1 aliphatic rings. The van der Waals surface area contributed by atoms with Crippen LogP contribution >= 0.6 is 0 Å². The number of rotatable bonds is 7. The Kier molecular flexibility index (Phi) is 7.25. The topological polar surface area (TPSA) is 35.6 Å². The lowest BCUT2D eigenvalue weighted by Gasteiger charge is -2.38. The van der Waals surface area contributed by atoms with Crippen LogP contribution in [0.1, 0.15) is 38.7 Å². The van der Waals surface area contributed by atoms with Gasteiger partial charge in [-0.25, -0.2) is 0 Å². The maximum absolute atomic E-state index is 12.6. The summed E-state index contributed by atoms with van der Waals surface area (Å²) in [5.74, 6) is 0.150. The van der Waals surface area contributed by atoms with Crippen LogP contribution in [0.25, 0.3) is 0 Å². The van der Waals surface area contributed by atoms with Gasteiger partial charge in [0.05, 0.1) is 6.04 Å². The van der Waals surface area contributed by atoms with Crippen molar-refractivity contribution >= 4 is 5.91 Å². The van der Waals surface area contributed by atoms with Crippen LogP contribution in [-0.2, 0) is 11.2 Å². The number of hydrogen-bond acceptors (Lipinski definition) is 3. The number of piperidine rings is 1. The van der Waals surface area contributed by atoms with Crippen LogP contribution in [0.3, 0.4) is 0 Å². The SMILES string of the molecule is C[C@H](C(=O)N[C@@H](C)CCc1ccccc1)N(C)C1CCN(C)CC1. The Morgan fingerprint density at radius 3 is 2.50 bits per heavy atom. The Balaban J connectivity index is 1.75. The van der Waals surface area contributed by atoms with Crippen LogP contribution in [0.15, 0.2) is 30.3 Å². The highest BCUT2D eigenvalue weighted by molar-refractivity contribution is 5.81. The highest BCUT2D eigenvalue weighted by atomic mass is 16.2. The van der Waals surface area contributed by atoms with Crippen molar-refractivity contribution in [1.29, 1.82) is 0 Å². The van der Waals surface area contributed by atoms with Crippen molar-refractivity contribution < 1.29 is 4.79 Å². The van der Waals surface area contributed by atoms with Crippen molar-refractivity contribution in [2.24, 2.45) is 0 Å². The van der Waals surface area contributed by atoms with Gasteiger partial charge in [0.2, 0.25) is 5.91 Å². The fraction of sp³-hybridized carbons (Fsp3) is 0.650. The molecule has 0 unspecified atom stereocenters. The second kappa shape index (κ2) is 9.19. The molecule has 1 saturated heterocycles. The van der Waals surface area contributed by atoms with E-state index in [0.29, 0.717) is 6.04 Å². The Labute approximate surface area is 147 Å². The lowest BCUT2D eigenvalue weighted by molar-refractivity contribution is -0.127. The molecule has 4 heteroatoms. The van der Waals surface area contributed by atoms with Gasteiger partial charge in [0.15, 0.2) is 0 Å². The number of likely N-dealkylation sites (N-methyl/N-ethyl adjacent to an activating group) is 1. The summed E-state index contributed by atoms with van der Waals surface area (Å²) in [6.07, 6.45) is 4.27. The van der Waals surface area contributed by atoms with Crippen LogP contribution in [0, 0.1) is 0 Å². The molecule has 1 aromatic rings. The summed E-state index contributed by atoms with van der Waals surface area (Å²) in [6.45, 7) is 6.37. The number of aryl methyl sites for hydroxylation is 1. The fourth-order valence-corrected chi connectivity index (χ4v) is 3.37. The van der Waals surface area contributed by atoms with Crippen molar-refractivity contribution in [2.45, 2.75) is 57.7 Å². The molecule has 1 heterocycles. The number of benzene rings is 1. The minimum absolute atomic E-state index is 0.0717. The summed E-state index contributed by atoms with van der Waals surface area (Å²) >= 11 is 0. The monoisotopic (exact) mass is 331 g/mol. The van der Waals surface area contributed by atoms with Gasteiger partial charge >= 0.3 is 0 Å². The molecule has 1 N–H and O–H groups in total. The van der Waals surface area contributed by atoms with Gasteiger partial charge in [-0.1, -0.05) is 30.3 Å². The Hall–Kier alpha value is -1.39. The van der Waals surface area contributed by atoms with Crippen molar-refractivity contribution in [3.05, 3.63) is 35.9 Å². The number of carbonyl (C=O) groups excluding carboxylic acids is 1. The van der Waals surface area contributed by atoms with Gasteiger partial charge in [-0.05, 0) is 72.3 Å². The summed E-state index contributed by atoms with van der Waals surface area (Å²) in [5, 5.41) is 3.19. The van der Waals surface area contributed by atoms with E-state index in [1.54, 1.807) is 0 Å². The van der Waals surface area contributed by atoms with Gasteiger partial charge in [-0.15, -0.1) is 0 Å². The van der Waals surface area contributed by atoms with E-state index < -0.39 is 0 Å². The minimum atomic E-state index is -0.0717. The predicted molar refractivity (Wildman–Crippen MR) is 100 cm³/mol. The standard InChI is InChI=1S/C20H33N3O/c1-16(10-11-18-8-6-5-7-9-18)21-20(24)17(2)23(4)19-12-14-22(3)15-13-19/h5-9,16-17,19H,10-15H2,1-4H3,(H,21,24)/t16-,17+/m0/s1. The van der Waals surface area contributed by atoms with Gasteiger partial charge in [-0.3, -0.25) is 9.69 Å². The molecule has 0 spiro atoms. The Bertz CT molecular complexity index is 497. The summed E-state index contributed by atoms with van der Waals surface area (Å²) in [6, 6.07) is 11.1. The number of nitrogens with one attached hydrogen (secondary N) is 1. The zero-order valence-electron chi connectivity index (χ0n) is 15.7. The molecule has 0 saturated carbocycles. The maximum Gasteiger partial charge on any atom is 0.237 e. The Morgan fingerprint density at radius 2 is 1.88 bits per heavy atom. The Morgan fingerprint density at radius 1 is 1.25 bits per heavy atom. The second-order valence-corrected chi connectivity index (χ2v) is 7.31. The van der Waals surface area contributed by atoms with Gasteiger partial charge in [0.25, 0.3) is 0 Å². The average molecular weight is 332 g/mol. The second-order valence-electron chi connectivity index (χ2n) is 7.31. The molecule has 4 nitrogen and oxygen atoms in total. The van der Waals surface area contributed by atoms with E-state index in [1.165, 1.54) is 5.56 Å². The number of hydrogen-bond donors (Lipinski definition) is 1. The molecular formula is C20H33N3O. The van der Waals surface area contributed by atoms with Gasteiger partial charge < -0.3 is 10.2 Å². The smallest absolute Gasteiger partial charge is 0.237 e. The minimum Gasteiger partial charge on any atom is -0.352 e. The molecule has 1 aliphatic heterocycles. The van der Waals surface area contributed by atoms with Crippen LogP contribution in [0.5, 0.6) is 0 Å². The number of carbonyl (C=O) groups is 1. The summed E-state index contributed by atoms with van der Waals surface area (Å²) in [7, 11) is 4.26. The van der Waals surface area contributed by atoms with Crippen LogP contribution in [-0.4, -0.2) is 61.0 Å². The predicted octanol–water partition coefficient (Wildman–Crippen LogP) is 2.54. The third-order valence-electron chi connectivity index (χ3n) is 5.35. The molecule has 134 valence electrons. The van der Waals surface area contributed by atoms with Crippen molar-refractivity contribution in [1.82, 2.24) is 15.1 Å². The molecular weight excluding hydrogens is 298 g/mol. The highest BCUT2D eigenvalue weighted by Gasteiger charge is 2.27. The molecule has 2 atom stereocenters. The molecule has 1 amide bonds. The first-order valence-corrected chi connectivity index (χ1v) is 9.22. The molecule has 0 aromatic heterocycles. The molecule has 1 aromatic carbocycles. The van der Waals surface area contributed by atoms with E-state index >= 15 is 0 Å². The van der Waals surface area contributed by atoms with Crippen LogP contribution in [0.4, 0.5) is 0 Å². The third kappa shape index (κ3) is 5.60. The van der Waals surface area contributed by atoms with E-state index in [1.807, 2.05) is 13.0 Å². The van der Waals surface area contributed by atoms with Crippen LogP contribution < -0.4 is 5.32 Å². The number of likely N-dealkylation sites (tertiary alicyclic amines) is 1. The first-order chi connectivity index (χ1) is 11.5. The molecule has 0 aliphatic carbocycles. The lowest BCUT2D eigenvalue weighted by atomic mass is 10.0. The zero-order chi connectivity index (χ0) is 17.5. The van der Waals surface area contributed by atoms with Crippen molar-refractivity contribution in [2.75, 3.05) is 27.2 Å².